The van der Waals surface area contributed by atoms with Crippen LogP contribution in [0.2, 0.25) is 0 Å². The van der Waals surface area contributed by atoms with E-state index in [0.29, 0.717) is 24.3 Å². The van der Waals surface area contributed by atoms with E-state index < -0.39 is 33.4 Å². The van der Waals surface area contributed by atoms with Gasteiger partial charge >= 0.3 is 5.69 Å². The summed E-state index contributed by atoms with van der Waals surface area (Å²) in [5, 5.41) is 13.6. The van der Waals surface area contributed by atoms with Gasteiger partial charge in [-0.15, -0.1) is 0 Å². The molecule has 2 N–H and O–H groups in total. The van der Waals surface area contributed by atoms with E-state index in [9.17, 15) is 23.7 Å². The number of nitro benzene ring substituents is 1. The summed E-state index contributed by atoms with van der Waals surface area (Å²) in [6.07, 6.45) is 0. The van der Waals surface area contributed by atoms with Crippen LogP contribution in [0.3, 0.4) is 0 Å². The molecule has 1 aromatic carbocycles. The Morgan fingerprint density at radius 1 is 1.29 bits per heavy atom. The zero-order valence-corrected chi connectivity index (χ0v) is 10.4. The first-order valence-corrected chi connectivity index (χ1v) is 5.94. The summed E-state index contributed by atoms with van der Waals surface area (Å²) in [6, 6.07) is 1.49. The lowest BCUT2D eigenvalue weighted by molar-refractivity contribution is -0.387. The first-order chi connectivity index (χ1) is 9.99. The molecule has 0 unspecified atom stereocenters. The maximum atomic E-state index is 14.1. The summed E-state index contributed by atoms with van der Waals surface area (Å²) < 4.78 is 27.9. The number of halogens is 2. The Balaban J connectivity index is 2.26. The van der Waals surface area contributed by atoms with Crippen molar-refractivity contribution in [2.75, 3.05) is 0 Å². The molecule has 2 aromatic rings. The van der Waals surface area contributed by atoms with Crippen LogP contribution < -0.4 is 10.9 Å². The van der Waals surface area contributed by atoms with Crippen molar-refractivity contribution < 1.29 is 13.7 Å². The van der Waals surface area contributed by atoms with E-state index >= 15 is 0 Å². The summed E-state index contributed by atoms with van der Waals surface area (Å²) in [5.41, 5.74) is -1.35. The van der Waals surface area contributed by atoms with Crippen molar-refractivity contribution in [3.05, 3.63) is 55.5 Å². The second-order valence-corrected chi connectivity index (χ2v) is 4.46. The van der Waals surface area contributed by atoms with Gasteiger partial charge in [0.1, 0.15) is 11.6 Å². The maximum Gasteiger partial charge on any atom is 0.305 e. The first-order valence-electron chi connectivity index (χ1n) is 5.94. The van der Waals surface area contributed by atoms with E-state index in [-0.39, 0.29) is 5.82 Å². The van der Waals surface area contributed by atoms with Gasteiger partial charge < -0.3 is 10.3 Å². The van der Waals surface area contributed by atoms with Gasteiger partial charge in [-0.05, 0) is 6.07 Å². The first kappa shape index (κ1) is 13.3. The third-order valence-electron chi connectivity index (χ3n) is 3.20. The van der Waals surface area contributed by atoms with Gasteiger partial charge in [0.2, 0.25) is 5.82 Å². The summed E-state index contributed by atoms with van der Waals surface area (Å²) in [6.45, 7) is 0.613. The molecular formula is C12H8F2N4O3. The number of benzene rings is 1. The molecule has 0 amide bonds. The molecule has 0 saturated carbocycles. The van der Waals surface area contributed by atoms with Gasteiger partial charge in [-0.1, -0.05) is 0 Å². The summed E-state index contributed by atoms with van der Waals surface area (Å²) in [5.74, 6) is -2.76. The highest BCUT2D eigenvalue weighted by atomic mass is 19.1. The van der Waals surface area contributed by atoms with E-state index in [4.69, 9.17) is 0 Å². The van der Waals surface area contributed by atoms with Gasteiger partial charge in [0.05, 0.1) is 21.7 Å². The van der Waals surface area contributed by atoms with E-state index in [1.54, 1.807) is 0 Å². The molecule has 2 heterocycles. The average molecular weight is 294 g/mol. The third kappa shape index (κ3) is 2.07. The highest BCUT2D eigenvalue weighted by Gasteiger charge is 2.26. The predicted molar refractivity (Wildman–Crippen MR) is 67.4 cm³/mol. The second-order valence-electron chi connectivity index (χ2n) is 4.46. The van der Waals surface area contributed by atoms with Crippen LogP contribution in [0.1, 0.15) is 11.3 Å². The molecule has 0 bridgehead atoms. The van der Waals surface area contributed by atoms with Crippen molar-refractivity contribution in [3.8, 4) is 11.4 Å². The molecule has 0 atom stereocenters. The monoisotopic (exact) mass is 294 g/mol. The van der Waals surface area contributed by atoms with E-state index in [0.717, 1.165) is 12.1 Å². The molecule has 1 aliphatic rings. The van der Waals surface area contributed by atoms with E-state index in [1.807, 2.05) is 0 Å². The lowest BCUT2D eigenvalue weighted by atomic mass is 10.1. The van der Waals surface area contributed by atoms with Crippen molar-refractivity contribution in [3.63, 3.8) is 0 Å². The van der Waals surface area contributed by atoms with Crippen LogP contribution >= 0.6 is 0 Å². The summed E-state index contributed by atoms with van der Waals surface area (Å²) >= 11 is 0. The SMILES string of the molecule is O=c1[nH]c(-c2c(F)ccc([N+](=O)[O-])c2F)nc2c1CNC2. The van der Waals surface area contributed by atoms with Gasteiger partial charge in [-0.3, -0.25) is 14.9 Å². The van der Waals surface area contributed by atoms with E-state index in [2.05, 4.69) is 15.3 Å². The van der Waals surface area contributed by atoms with Gasteiger partial charge in [-0.25, -0.2) is 9.37 Å². The molecule has 108 valence electrons. The molecule has 9 heteroatoms. The number of nitrogens with zero attached hydrogens (tertiary/aromatic N) is 2. The number of nitro groups is 1. The molecule has 7 nitrogen and oxygen atoms in total. The molecule has 1 aliphatic heterocycles. The highest BCUT2D eigenvalue weighted by Crippen LogP contribution is 2.29. The number of hydrogen-bond donors (Lipinski definition) is 2. The van der Waals surface area contributed by atoms with Gasteiger partial charge in [-0.2, -0.15) is 4.39 Å². The largest absolute Gasteiger partial charge is 0.307 e. The number of H-pyrrole nitrogens is 1. The Hall–Kier alpha value is -2.68. The molecule has 21 heavy (non-hydrogen) atoms. The van der Waals surface area contributed by atoms with Crippen LogP contribution in [-0.4, -0.2) is 14.9 Å². The molecule has 0 aliphatic carbocycles. The average Bonchev–Trinajstić information content (AvgIpc) is 2.87. The van der Waals surface area contributed by atoms with Crippen molar-refractivity contribution in [1.82, 2.24) is 15.3 Å². The predicted octanol–water partition coefficient (Wildman–Crippen LogP) is 1.23. The fourth-order valence-electron chi connectivity index (χ4n) is 2.20. The van der Waals surface area contributed by atoms with Crippen LogP contribution in [0.25, 0.3) is 11.4 Å². The lowest BCUT2D eigenvalue weighted by Gasteiger charge is -2.06. The Morgan fingerprint density at radius 2 is 2.05 bits per heavy atom. The van der Waals surface area contributed by atoms with Gasteiger partial charge in [0.15, 0.2) is 0 Å². The minimum atomic E-state index is -1.37. The lowest BCUT2D eigenvalue weighted by Crippen LogP contribution is -2.16. The number of hydrogen-bond acceptors (Lipinski definition) is 5. The normalized spacial score (nSPS) is 13.2. The zero-order chi connectivity index (χ0) is 15.1. The van der Waals surface area contributed by atoms with Crippen LogP contribution in [-0.2, 0) is 13.1 Å². The van der Waals surface area contributed by atoms with Crippen LogP contribution in [0.5, 0.6) is 0 Å². The molecule has 0 fully saturated rings. The minimum Gasteiger partial charge on any atom is -0.307 e. The fourth-order valence-corrected chi connectivity index (χ4v) is 2.20. The summed E-state index contributed by atoms with van der Waals surface area (Å²) in [4.78, 5) is 27.8. The molecule has 0 radical (unpaired) electrons. The quantitative estimate of drug-likeness (QED) is 0.640. The molecule has 0 spiro atoms. The highest BCUT2D eigenvalue weighted by molar-refractivity contribution is 5.61. The Kier molecular flexibility index (Phi) is 2.98. The van der Waals surface area contributed by atoms with Crippen LogP contribution in [0.4, 0.5) is 14.5 Å². The second kappa shape index (κ2) is 4.70. The fraction of sp³-hybridized carbons (Fsp3) is 0.167. The maximum absolute atomic E-state index is 14.1. The standard InChI is InChI=1S/C12H8F2N4O3/c13-6-1-2-8(18(20)21)10(14)9(6)11-16-7-4-15-3-5(7)12(19)17-11/h1-2,15H,3-4H2,(H,16,17,19). The van der Waals surface area contributed by atoms with Gasteiger partial charge in [0, 0.05) is 19.2 Å². The number of fused-ring (bicyclic) bond motifs is 1. The van der Waals surface area contributed by atoms with Gasteiger partial charge in [0.25, 0.3) is 5.56 Å². The number of aromatic nitrogens is 2. The van der Waals surface area contributed by atoms with E-state index in [1.165, 1.54) is 0 Å². The molecule has 3 rings (SSSR count). The Morgan fingerprint density at radius 3 is 2.76 bits per heavy atom. The minimum absolute atomic E-state index is 0.296. The number of rotatable bonds is 2. The Bertz CT molecular complexity index is 819. The van der Waals surface area contributed by atoms with Crippen molar-refractivity contribution in [2.45, 2.75) is 13.1 Å². The van der Waals surface area contributed by atoms with Crippen molar-refractivity contribution in [2.24, 2.45) is 0 Å². The van der Waals surface area contributed by atoms with Crippen LogP contribution in [0.15, 0.2) is 16.9 Å². The zero-order valence-electron chi connectivity index (χ0n) is 10.4. The van der Waals surface area contributed by atoms with Crippen LogP contribution in [0, 0.1) is 21.7 Å². The number of aromatic amines is 1. The van der Waals surface area contributed by atoms with Crippen molar-refractivity contribution >= 4 is 5.69 Å². The molecular weight excluding hydrogens is 286 g/mol. The third-order valence-corrected chi connectivity index (χ3v) is 3.20. The Labute approximate surface area is 115 Å². The smallest absolute Gasteiger partial charge is 0.305 e. The summed E-state index contributed by atoms with van der Waals surface area (Å²) in [7, 11) is 0. The molecule has 0 saturated heterocycles. The topological polar surface area (TPSA) is 101 Å². The van der Waals surface area contributed by atoms with Crippen molar-refractivity contribution in [1.29, 1.82) is 0 Å². The molecule has 1 aromatic heterocycles. The number of nitrogens with one attached hydrogen (secondary N) is 2.